The van der Waals surface area contributed by atoms with Gasteiger partial charge in [-0.15, -0.1) is 0 Å². The van der Waals surface area contributed by atoms with E-state index >= 15 is 0 Å². The maximum Gasteiger partial charge on any atom is 0.334 e. The fourth-order valence-electron chi connectivity index (χ4n) is 1.71. The number of rotatable bonds is 6. The smallest absolute Gasteiger partial charge is 0.334 e. The van der Waals surface area contributed by atoms with Crippen molar-refractivity contribution >= 4 is 22.6 Å². The Morgan fingerprint density at radius 1 is 1.35 bits per heavy atom. The molecular weight excluding hydrogens is 276 g/mol. The second-order valence-electron chi connectivity index (χ2n) is 4.61. The van der Waals surface area contributed by atoms with E-state index in [1.54, 1.807) is 6.92 Å². The van der Waals surface area contributed by atoms with E-state index in [1.165, 1.54) is 7.11 Å². The first-order valence-electron chi connectivity index (χ1n) is 6.69. The van der Waals surface area contributed by atoms with Crippen LogP contribution in [0.25, 0.3) is 5.03 Å². The quantitative estimate of drug-likeness (QED) is 0.445. The lowest BCUT2D eigenvalue weighted by Crippen LogP contribution is -2.04. The molecule has 0 radical (unpaired) electrons. The summed E-state index contributed by atoms with van der Waals surface area (Å²) < 4.78 is 10.4. The molecular formula is C16H21ClO3. The van der Waals surface area contributed by atoms with Crippen LogP contribution in [0.1, 0.15) is 37.8 Å². The predicted molar refractivity (Wildman–Crippen MR) is 82.0 cm³/mol. The maximum atomic E-state index is 11.5. The minimum absolute atomic E-state index is 0.392. The summed E-state index contributed by atoms with van der Waals surface area (Å²) in [7, 11) is 1.34. The SMILES string of the molecule is CCCCOc1ccc(C)c(/C(Cl)=C(\C)C(=O)OC)c1. The predicted octanol–water partition coefficient (Wildman–Crippen LogP) is 4.32. The van der Waals surface area contributed by atoms with E-state index in [1.807, 2.05) is 25.1 Å². The number of unbranched alkanes of at least 4 members (excludes halogenated alkanes) is 1. The summed E-state index contributed by atoms with van der Waals surface area (Å²) in [6.45, 7) is 6.38. The third-order valence-corrected chi connectivity index (χ3v) is 3.52. The van der Waals surface area contributed by atoms with Crippen molar-refractivity contribution in [1.82, 2.24) is 0 Å². The zero-order valence-electron chi connectivity index (χ0n) is 12.5. The number of carbonyl (C=O) groups excluding carboxylic acids is 1. The standard InChI is InChI=1S/C16H21ClO3/c1-5-6-9-20-13-8-7-11(2)14(10-13)15(17)12(3)16(18)19-4/h7-8,10H,5-6,9H2,1-4H3/b15-12-. The Labute approximate surface area is 125 Å². The van der Waals surface area contributed by atoms with E-state index in [9.17, 15) is 4.79 Å². The Kier molecular flexibility index (Phi) is 6.59. The van der Waals surface area contributed by atoms with Crippen LogP contribution in [-0.4, -0.2) is 19.7 Å². The number of halogens is 1. The lowest BCUT2D eigenvalue weighted by atomic mass is 10.1. The Morgan fingerprint density at radius 3 is 2.65 bits per heavy atom. The zero-order chi connectivity index (χ0) is 15.1. The van der Waals surface area contributed by atoms with Gasteiger partial charge in [0.25, 0.3) is 0 Å². The van der Waals surface area contributed by atoms with Crippen molar-refractivity contribution in [3.05, 3.63) is 34.9 Å². The van der Waals surface area contributed by atoms with Crippen LogP contribution in [0.3, 0.4) is 0 Å². The van der Waals surface area contributed by atoms with Crippen molar-refractivity contribution in [2.75, 3.05) is 13.7 Å². The fourth-order valence-corrected chi connectivity index (χ4v) is 1.99. The van der Waals surface area contributed by atoms with Crippen molar-refractivity contribution < 1.29 is 14.3 Å². The molecule has 0 atom stereocenters. The van der Waals surface area contributed by atoms with Crippen molar-refractivity contribution in [1.29, 1.82) is 0 Å². The highest BCUT2D eigenvalue weighted by atomic mass is 35.5. The molecule has 0 saturated heterocycles. The molecule has 0 unspecified atom stereocenters. The average Bonchev–Trinajstić information content (AvgIpc) is 2.46. The van der Waals surface area contributed by atoms with Gasteiger partial charge in [-0.3, -0.25) is 0 Å². The van der Waals surface area contributed by atoms with Crippen molar-refractivity contribution in [3.63, 3.8) is 0 Å². The highest BCUT2D eigenvalue weighted by molar-refractivity contribution is 6.51. The number of benzene rings is 1. The van der Waals surface area contributed by atoms with Gasteiger partial charge in [-0.2, -0.15) is 0 Å². The summed E-state index contributed by atoms with van der Waals surface area (Å²) in [6.07, 6.45) is 2.09. The molecule has 0 spiro atoms. The van der Waals surface area contributed by atoms with Crippen molar-refractivity contribution in [2.24, 2.45) is 0 Å². The van der Waals surface area contributed by atoms with Crippen LogP contribution < -0.4 is 4.74 Å². The first-order chi connectivity index (χ1) is 9.51. The summed E-state index contributed by atoms with van der Waals surface area (Å²) in [5.74, 6) is 0.335. The molecule has 0 bridgehead atoms. The normalized spacial score (nSPS) is 11.8. The van der Waals surface area contributed by atoms with E-state index in [0.29, 0.717) is 17.2 Å². The van der Waals surface area contributed by atoms with Gasteiger partial charge in [0.2, 0.25) is 0 Å². The van der Waals surface area contributed by atoms with E-state index in [-0.39, 0.29) is 0 Å². The molecule has 0 saturated carbocycles. The first kappa shape index (κ1) is 16.6. The lowest BCUT2D eigenvalue weighted by molar-refractivity contribution is -0.135. The van der Waals surface area contributed by atoms with Gasteiger partial charge in [-0.05, 0) is 38.0 Å². The number of ether oxygens (including phenoxy) is 2. The van der Waals surface area contributed by atoms with Gasteiger partial charge in [-0.1, -0.05) is 31.0 Å². The highest BCUT2D eigenvalue weighted by Gasteiger charge is 2.13. The average molecular weight is 297 g/mol. The zero-order valence-corrected chi connectivity index (χ0v) is 13.2. The van der Waals surface area contributed by atoms with Gasteiger partial charge >= 0.3 is 5.97 Å². The molecule has 20 heavy (non-hydrogen) atoms. The molecule has 110 valence electrons. The lowest BCUT2D eigenvalue weighted by Gasteiger charge is -2.11. The van der Waals surface area contributed by atoms with E-state index < -0.39 is 5.97 Å². The van der Waals surface area contributed by atoms with Crippen LogP contribution in [0.15, 0.2) is 23.8 Å². The van der Waals surface area contributed by atoms with Gasteiger partial charge in [-0.25, -0.2) is 4.79 Å². The Hall–Kier alpha value is -1.48. The third-order valence-electron chi connectivity index (χ3n) is 3.03. The molecule has 0 aliphatic heterocycles. The van der Waals surface area contributed by atoms with E-state index in [0.717, 1.165) is 29.7 Å². The summed E-state index contributed by atoms with van der Waals surface area (Å²) in [6, 6.07) is 5.70. The molecule has 0 fully saturated rings. The number of aryl methyl sites for hydroxylation is 1. The van der Waals surface area contributed by atoms with Gasteiger partial charge in [0.15, 0.2) is 0 Å². The molecule has 0 amide bonds. The molecule has 0 N–H and O–H groups in total. The molecule has 3 nitrogen and oxygen atoms in total. The summed E-state index contributed by atoms with van der Waals surface area (Å²) in [4.78, 5) is 11.5. The van der Waals surface area contributed by atoms with Crippen LogP contribution >= 0.6 is 11.6 Å². The molecule has 1 rings (SSSR count). The number of esters is 1. The fraction of sp³-hybridized carbons (Fsp3) is 0.438. The molecule has 1 aromatic carbocycles. The second kappa shape index (κ2) is 7.95. The molecule has 0 aromatic heterocycles. The topological polar surface area (TPSA) is 35.5 Å². The van der Waals surface area contributed by atoms with Crippen LogP contribution in [0.2, 0.25) is 0 Å². The van der Waals surface area contributed by atoms with Crippen LogP contribution in [-0.2, 0) is 9.53 Å². The minimum Gasteiger partial charge on any atom is -0.494 e. The number of methoxy groups -OCH3 is 1. The molecule has 1 aromatic rings. The van der Waals surface area contributed by atoms with Gasteiger partial charge in [0, 0.05) is 5.56 Å². The third kappa shape index (κ3) is 4.27. The summed E-state index contributed by atoms with van der Waals surface area (Å²) >= 11 is 6.29. The van der Waals surface area contributed by atoms with Crippen molar-refractivity contribution in [3.8, 4) is 5.75 Å². The molecule has 0 aliphatic carbocycles. The summed E-state index contributed by atoms with van der Waals surface area (Å²) in [5.41, 5.74) is 2.17. The van der Waals surface area contributed by atoms with Gasteiger partial charge < -0.3 is 9.47 Å². The number of hydrogen-bond donors (Lipinski definition) is 0. The van der Waals surface area contributed by atoms with Crippen molar-refractivity contribution in [2.45, 2.75) is 33.6 Å². The Morgan fingerprint density at radius 2 is 2.05 bits per heavy atom. The minimum atomic E-state index is -0.424. The number of carbonyl (C=O) groups is 1. The van der Waals surface area contributed by atoms with Gasteiger partial charge in [0.1, 0.15) is 5.75 Å². The maximum absolute atomic E-state index is 11.5. The Bertz CT molecular complexity index is 506. The van der Waals surface area contributed by atoms with Crippen LogP contribution in [0, 0.1) is 6.92 Å². The summed E-state index contributed by atoms with van der Waals surface area (Å²) in [5, 5.41) is 0.398. The van der Waals surface area contributed by atoms with Crippen LogP contribution in [0.4, 0.5) is 0 Å². The van der Waals surface area contributed by atoms with Crippen LogP contribution in [0.5, 0.6) is 5.75 Å². The van der Waals surface area contributed by atoms with E-state index in [4.69, 9.17) is 21.1 Å². The second-order valence-corrected chi connectivity index (χ2v) is 4.99. The highest BCUT2D eigenvalue weighted by Crippen LogP contribution is 2.29. The largest absolute Gasteiger partial charge is 0.494 e. The monoisotopic (exact) mass is 296 g/mol. The molecule has 0 aliphatic rings. The van der Waals surface area contributed by atoms with Gasteiger partial charge in [0.05, 0.1) is 24.3 Å². The number of hydrogen-bond acceptors (Lipinski definition) is 3. The Balaban J connectivity index is 3.04. The first-order valence-corrected chi connectivity index (χ1v) is 7.07. The van der Waals surface area contributed by atoms with E-state index in [2.05, 4.69) is 6.92 Å². The molecule has 4 heteroatoms. The molecule has 0 heterocycles.